The molecule has 2 N–H and O–H groups in total. The lowest BCUT2D eigenvalue weighted by Crippen LogP contribution is -2.25. The molecule has 5 nitrogen and oxygen atoms in total. The van der Waals surface area contributed by atoms with Gasteiger partial charge in [-0.3, -0.25) is 9.59 Å². The summed E-state index contributed by atoms with van der Waals surface area (Å²) in [4.78, 5) is 23.5. The number of hydrogen-bond acceptors (Lipinski definition) is 3. The molecule has 2 aromatic rings. The molecule has 148 valence electrons. The molecular formula is C17H10F6N2O3. The normalized spacial score (nSPS) is 14.0. The first-order valence-electron chi connectivity index (χ1n) is 7.61. The molecule has 0 spiro atoms. The lowest BCUT2D eigenvalue weighted by Gasteiger charge is -2.18. The molecule has 0 fully saturated rings. The number of fused-ring (bicyclic) bond motifs is 1. The van der Waals surface area contributed by atoms with E-state index in [0.29, 0.717) is 12.1 Å². The first kappa shape index (κ1) is 19.5. The second kappa shape index (κ2) is 6.73. The van der Waals surface area contributed by atoms with Crippen molar-refractivity contribution in [3.05, 3.63) is 53.1 Å². The third-order valence-electron chi connectivity index (χ3n) is 3.72. The highest BCUT2D eigenvalue weighted by Crippen LogP contribution is 2.37. The number of ether oxygens (including phenoxy) is 1. The Kier molecular flexibility index (Phi) is 4.69. The zero-order valence-corrected chi connectivity index (χ0v) is 13.7. The van der Waals surface area contributed by atoms with Crippen LogP contribution in [0.4, 0.5) is 37.7 Å². The van der Waals surface area contributed by atoms with Gasteiger partial charge in [0.05, 0.1) is 16.8 Å². The van der Waals surface area contributed by atoms with E-state index < -0.39 is 41.0 Å². The highest BCUT2D eigenvalue weighted by Gasteiger charge is 2.37. The summed E-state index contributed by atoms with van der Waals surface area (Å²) in [5, 5.41) is 4.50. The van der Waals surface area contributed by atoms with Gasteiger partial charge in [-0.15, -0.1) is 0 Å². The van der Waals surface area contributed by atoms with Gasteiger partial charge in [-0.25, -0.2) is 0 Å². The molecule has 0 saturated carbocycles. The number of anilines is 2. The van der Waals surface area contributed by atoms with Crippen molar-refractivity contribution in [1.29, 1.82) is 0 Å². The highest BCUT2D eigenvalue weighted by molar-refractivity contribution is 6.05. The van der Waals surface area contributed by atoms with Crippen molar-refractivity contribution in [2.45, 2.75) is 12.4 Å². The molecular weight excluding hydrogens is 394 g/mol. The number of carbonyl (C=O) groups excluding carboxylic acids is 2. The zero-order chi connectivity index (χ0) is 20.7. The van der Waals surface area contributed by atoms with Gasteiger partial charge in [0.1, 0.15) is 5.75 Å². The summed E-state index contributed by atoms with van der Waals surface area (Å²) >= 11 is 0. The van der Waals surface area contributed by atoms with Gasteiger partial charge in [0.25, 0.3) is 11.8 Å². The fourth-order valence-corrected chi connectivity index (χ4v) is 2.45. The summed E-state index contributed by atoms with van der Waals surface area (Å²) in [5.74, 6) is -1.21. The molecule has 3 rings (SSSR count). The van der Waals surface area contributed by atoms with Gasteiger partial charge in [0, 0.05) is 11.3 Å². The maximum atomic E-state index is 12.9. The minimum Gasteiger partial charge on any atom is -0.482 e. The average molecular weight is 404 g/mol. The predicted octanol–water partition coefficient (Wildman–Crippen LogP) is 4.31. The first-order chi connectivity index (χ1) is 12.9. The molecule has 28 heavy (non-hydrogen) atoms. The topological polar surface area (TPSA) is 67.4 Å². The number of rotatable bonds is 2. The zero-order valence-electron chi connectivity index (χ0n) is 13.7. The van der Waals surface area contributed by atoms with E-state index >= 15 is 0 Å². The van der Waals surface area contributed by atoms with E-state index in [2.05, 4.69) is 5.32 Å². The number of nitrogens with one attached hydrogen (secondary N) is 2. The van der Waals surface area contributed by atoms with E-state index in [1.54, 1.807) is 0 Å². The highest BCUT2D eigenvalue weighted by atomic mass is 19.4. The van der Waals surface area contributed by atoms with E-state index in [-0.39, 0.29) is 29.7 Å². The molecule has 0 saturated heterocycles. The molecule has 11 heteroatoms. The van der Waals surface area contributed by atoms with Crippen LogP contribution >= 0.6 is 0 Å². The fraction of sp³-hybridized carbons (Fsp3) is 0.176. The minimum absolute atomic E-state index is 0.0366. The Balaban J connectivity index is 1.91. The van der Waals surface area contributed by atoms with Gasteiger partial charge in [0.2, 0.25) is 0 Å². The molecule has 0 bridgehead atoms. The minimum atomic E-state index is -5.03. The lowest BCUT2D eigenvalue weighted by atomic mass is 10.1. The van der Waals surface area contributed by atoms with Crippen LogP contribution in [0.5, 0.6) is 5.75 Å². The Labute approximate surface area is 153 Å². The van der Waals surface area contributed by atoms with Gasteiger partial charge < -0.3 is 15.4 Å². The van der Waals surface area contributed by atoms with E-state index in [9.17, 15) is 35.9 Å². The monoisotopic (exact) mass is 404 g/mol. The van der Waals surface area contributed by atoms with Crippen LogP contribution in [0, 0.1) is 0 Å². The number of hydrogen-bond donors (Lipinski definition) is 2. The Morgan fingerprint density at radius 3 is 2.14 bits per heavy atom. The smallest absolute Gasteiger partial charge is 0.416 e. The number of amides is 2. The van der Waals surface area contributed by atoms with Crippen molar-refractivity contribution >= 4 is 23.2 Å². The van der Waals surface area contributed by atoms with Gasteiger partial charge in [-0.05, 0) is 36.4 Å². The number of alkyl halides is 6. The van der Waals surface area contributed by atoms with Crippen LogP contribution < -0.4 is 15.4 Å². The third-order valence-corrected chi connectivity index (χ3v) is 3.72. The SMILES string of the molecule is O=C1COc2cc(C(=O)Nc3cc(C(F)(F)F)cc(C(F)(F)F)c3)ccc2N1. The molecule has 0 radical (unpaired) electrons. The third kappa shape index (κ3) is 4.18. The second-order valence-electron chi connectivity index (χ2n) is 5.80. The number of benzene rings is 2. The Bertz CT molecular complexity index is 921. The standard InChI is InChI=1S/C17H10F6N2O3/c18-16(19,20)9-4-10(17(21,22)23)6-11(5-9)24-15(27)8-1-2-12-13(3-8)28-7-14(26)25-12/h1-6H,7H2,(H,24,27)(H,25,26). The van der Waals surface area contributed by atoms with Gasteiger partial charge >= 0.3 is 12.4 Å². The quantitative estimate of drug-likeness (QED) is 0.734. The largest absolute Gasteiger partial charge is 0.482 e. The summed E-state index contributed by atoms with van der Waals surface area (Å²) in [7, 11) is 0. The number of halogens is 6. The maximum absolute atomic E-state index is 12.9. The van der Waals surface area contributed by atoms with Crippen LogP contribution in [-0.2, 0) is 17.1 Å². The van der Waals surface area contributed by atoms with Crippen molar-refractivity contribution in [3.63, 3.8) is 0 Å². The summed E-state index contributed by atoms with van der Waals surface area (Å²) in [6.45, 7) is -0.291. The van der Waals surface area contributed by atoms with Crippen molar-refractivity contribution in [2.24, 2.45) is 0 Å². The van der Waals surface area contributed by atoms with Crippen LogP contribution in [0.1, 0.15) is 21.5 Å². The van der Waals surface area contributed by atoms with E-state index in [1.807, 2.05) is 5.32 Å². The first-order valence-corrected chi connectivity index (χ1v) is 7.61. The lowest BCUT2D eigenvalue weighted by molar-refractivity contribution is -0.143. The van der Waals surface area contributed by atoms with Crippen molar-refractivity contribution < 1.29 is 40.7 Å². The summed E-state index contributed by atoms with van der Waals surface area (Å²) in [6, 6.07) is 4.55. The Morgan fingerprint density at radius 2 is 1.57 bits per heavy atom. The maximum Gasteiger partial charge on any atom is 0.416 e. The van der Waals surface area contributed by atoms with Gasteiger partial charge in [-0.2, -0.15) is 26.3 Å². The average Bonchev–Trinajstić information content (AvgIpc) is 2.59. The predicted molar refractivity (Wildman–Crippen MR) is 85.0 cm³/mol. The van der Waals surface area contributed by atoms with E-state index in [1.165, 1.54) is 18.2 Å². The molecule has 2 amide bonds. The van der Waals surface area contributed by atoms with Crippen molar-refractivity contribution in [1.82, 2.24) is 0 Å². The Hall–Kier alpha value is -3.24. The van der Waals surface area contributed by atoms with Gasteiger partial charge in [-0.1, -0.05) is 0 Å². The number of carbonyl (C=O) groups is 2. The summed E-state index contributed by atoms with van der Waals surface area (Å²) < 4.78 is 82.4. The van der Waals surface area contributed by atoms with Crippen LogP contribution in [-0.4, -0.2) is 18.4 Å². The van der Waals surface area contributed by atoms with Crippen molar-refractivity contribution in [2.75, 3.05) is 17.2 Å². The van der Waals surface area contributed by atoms with Crippen LogP contribution in [0.25, 0.3) is 0 Å². The second-order valence-corrected chi connectivity index (χ2v) is 5.80. The molecule has 0 aromatic heterocycles. The van der Waals surface area contributed by atoms with Crippen LogP contribution in [0.2, 0.25) is 0 Å². The Morgan fingerprint density at radius 1 is 0.964 bits per heavy atom. The van der Waals surface area contributed by atoms with Crippen LogP contribution in [0.15, 0.2) is 36.4 Å². The summed E-state index contributed by atoms with van der Waals surface area (Å²) in [6.07, 6.45) is -10.1. The fourth-order valence-electron chi connectivity index (χ4n) is 2.45. The molecule has 0 unspecified atom stereocenters. The molecule has 0 atom stereocenters. The van der Waals surface area contributed by atoms with Crippen molar-refractivity contribution in [3.8, 4) is 5.75 Å². The van der Waals surface area contributed by atoms with E-state index in [4.69, 9.17) is 4.74 Å². The molecule has 2 aromatic carbocycles. The molecule has 1 aliphatic rings. The molecule has 1 heterocycles. The van der Waals surface area contributed by atoms with Gasteiger partial charge in [0.15, 0.2) is 6.61 Å². The van der Waals surface area contributed by atoms with Crippen LogP contribution in [0.3, 0.4) is 0 Å². The molecule has 0 aliphatic carbocycles. The molecule has 1 aliphatic heterocycles. The van der Waals surface area contributed by atoms with E-state index in [0.717, 1.165) is 0 Å². The summed E-state index contributed by atoms with van der Waals surface area (Å²) in [5.41, 5.74) is -3.56.